The highest BCUT2D eigenvalue weighted by molar-refractivity contribution is 7.19. The second-order valence-electron chi connectivity index (χ2n) is 9.41. The Bertz CT molecular complexity index is 1210. The number of carbonyl (C=O) groups excluding carboxylic acids is 1. The summed E-state index contributed by atoms with van der Waals surface area (Å²) in [6, 6.07) is 23.5. The lowest BCUT2D eigenvalue weighted by atomic mass is 9.85. The molecule has 0 N–H and O–H groups in total. The number of benzene rings is 2. The van der Waals surface area contributed by atoms with E-state index in [0.717, 1.165) is 38.9 Å². The third-order valence-electron chi connectivity index (χ3n) is 7.07. The normalized spacial score (nSPS) is 16.1. The Morgan fingerprint density at radius 3 is 2.53 bits per heavy atom. The molecule has 1 atom stereocenters. The van der Waals surface area contributed by atoms with E-state index in [1.807, 2.05) is 48.7 Å². The molecule has 1 aliphatic rings. The van der Waals surface area contributed by atoms with Gasteiger partial charge in [-0.25, -0.2) is 0 Å². The maximum absolute atomic E-state index is 13.3. The van der Waals surface area contributed by atoms with Crippen LogP contribution in [0.2, 0.25) is 0 Å². The SMILES string of the molecule is CN(C(=O)c1ccn(C)n1)[C@@H](Cc1ccccc1)C1CCN(Cc2cc3ccccc3s2)CC1. The molecule has 0 radical (unpaired) electrons. The highest BCUT2D eigenvalue weighted by Crippen LogP contribution is 2.30. The zero-order valence-corrected chi connectivity index (χ0v) is 20.7. The Morgan fingerprint density at radius 1 is 1.09 bits per heavy atom. The van der Waals surface area contributed by atoms with Gasteiger partial charge in [-0.3, -0.25) is 14.4 Å². The number of nitrogens with zero attached hydrogens (tertiary/aromatic N) is 4. The lowest BCUT2D eigenvalue weighted by molar-refractivity contribution is 0.0579. The molecule has 4 aromatic rings. The van der Waals surface area contributed by atoms with Crippen molar-refractivity contribution in [3.8, 4) is 0 Å². The summed E-state index contributed by atoms with van der Waals surface area (Å²) in [5, 5.41) is 5.70. The van der Waals surface area contributed by atoms with E-state index in [1.54, 1.807) is 4.68 Å². The van der Waals surface area contributed by atoms with Crippen molar-refractivity contribution in [3.05, 3.63) is 89.1 Å². The van der Waals surface area contributed by atoms with E-state index in [2.05, 4.69) is 64.6 Å². The van der Waals surface area contributed by atoms with E-state index in [9.17, 15) is 4.79 Å². The summed E-state index contributed by atoms with van der Waals surface area (Å²) in [5.41, 5.74) is 1.80. The Kier molecular flexibility index (Phi) is 6.79. The van der Waals surface area contributed by atoms with Crippen LogP contribution in [0.3, 0.4) is 0 Å². The molecule has 0 saturated carbocycles. The summed E-state index contributed by atoms with van der Waals surface area (Å²) >= 11 is 1.90. The molecule has 1 amide bonds. The van der Waals surface area contributed by atoms with Crippen molar-refractivity contribution in [2.24, 2.45) is 13.0 Å². The lowest BCUT2D eigenvalue weighted by Gasteiger charge is -2.40. The van der Waals surface area contributed by atoms with Crippen molar-refractivity contribution < 1.29 is 4.79 Å². The average molecular weight is 473 g/mol. The second-order valence-corrected chi connectivity index (χ2v) is 10.6. The molecule has 0 bridgehead atoms. The first-order chi connectivity index (χ1) is 16.6. The van der Waals surface area contributed by atoms with E-state index in [4.69, 9.17) is 0 Å². The highest BCUT2D eigenvalue weighted by Gasteiger charge is 2.32. The summed E-state index contributed by atoms with van der Waals surface area (Å²) in [6.07, 6.45) is 4.90. The largest absolute Gasteiger partial charge is 0.337 e. The summed E-state index contributed by atoms with van der Waals surface area (Å²) in [5.74, 6) is 0.478. The number of hydrogen-bond donors (Lipinski definition) is 0. The molecule has 176 valence electrons. The van der Waals surface area contributed by atoms with Crippen LogP contribution in [0.25, 0.3) is 10.1 Å². The molecule has 0 unspecified atom stereocenters. The van der Waals surface area contributed by atoms with Crippen LogP contribution in [0.1, 0.15) is 33.8 Å². The first kappa shape index (κ1) is 22.8. The van der Waals surface area contributed by atoms with Crippen LogP contribution in [-0.4, -0.2) is 51.7 Å². The maximum atomic E-state index is 13.3. The minimum absolute atomic E-state index is 0.00855. The third-order valence-corrected chi connectivity index (χ3v) is 8.17. The van der Waals surface area contributed by atoms with Crippen molar-refractivity contribution in [2.45, 2.75) is 31.8 Å². The van der Waals surface area contributed by atoms with Gasteiger partial charge in [0.1, 0.15) is 5.69 Å². The van der Waals surface area contributed by atoms with Crippen LogP contribution in [0, 0.1) is 5.92 Å². The number of hydrogen-bond acceptors (Lipinski definition) is 4. The number of thiophene rings is 1. The average Bonchev–Trinajstić information content (AvgIpc) is 3.48. The topological polar surface area (TPSA) is 41.4 Å². The number of amides is 1. The molecule has 1 aliphatic heterocycles. The molecule has 3 heterocycles. The van der Waals surface area contributed by atoms with Gasteiger partial charge >= 0.3 is 0 Å². The Morgan fingerprint density at radius 2 is 1.82 bits per heavy atom. The molecule has 5 rings (SSSR count). The smallest absolute Gasteiger partial charge is 0.274 e. The fourth-order valence-corrected chi connectivity index (χ4v) is 6.27. The molecule has 5 nitrogen and oxygen atoms in total. The van der Waals surface area contributed by atoms with E-state index in [1.165, 1.54) is 20.5 Å². The summed E-state index contributed by atoms with van der Waals surface area (Å²) < 4.78 is 3.06. The summed E-state index contributed by atoms with van der Waals surface area (Å²) in [7, 11) is 3.80. The molecule has 6 heteroatoms. The Balaban J connectivity index is 1.28. The molecule has 0 spiro atoms. The standard InChI is InChI=1S/C28H32N4OS/c1-30-15-14-25(29-30)28(33)31(2)26(18-21-8-4-3-5-9-21)22-12-16-32(17-13-22)20-24-19-23-10-6-7-11-27(23)34-24/h3-11,14-15,19,22,26H,12-13,16-18,20H2,1-2H3/t26-/m0/s1. The zero-order chi connectivity index (χ0) is 23.5. The fourth-order valence-electron chi connectivity index (χ4n) is 5.17. The van der Waals surface area contributed by atoms with Crippen molar-refractivity contribution >= 4 is 27.3 Å². The number of aromatic nitrogens is 2. The van der Waals surface area contributed by atoms with Gasteiger partial charge in [0.25, 0.3) is 5.91 Å². The van der Waals surface area contributed by atoms with Crippen molar-refractivity contribution in [2.75, 3.05) is 20.1 Å². The van der Waals surface area contributed by atoms with Crippen molar-refractivity contribution in [3.63, 3.8) is 0 Å². The molecule has 1 saturated heterocycles. The van der Waals surface area contributed by atoms with Gasteiger partial charge in [-0.15, -0.1) is 11.3 Å². The predicted octanol–water partition coefficient (Wildman–Crippen LogP) is 5.23. The third kappa shape index (κ3) is 5.08. The zero-order valence-electron chi connectivity index (χ0n) is 19.9. The van der Waals surface area contributed by atoms with E-state index < -0.39 is 0 Å². The van der Waals surface area contributed by atoms with Gasteiger partial charge in [-0.05, 0) is 67.4 Å². The number of likely N-dealkylation sites (N-methyl/N-ethyl adjacent to an activating group) is 1. The Labute approximate surface area is 205 Å². The van der Waals surface area contributed by atoms with Gasteiger partial charge in [-0.1, -0.05) is 48.5 Å². The molecule has 2 aromatic carbocycles. The van der Waals surface area contributed by atoms with Gasteiger partial charge in [0.05, 0.1) is 0 Å². The van der Waals surface area contributed by atoms with Crippen LogP contribution in [-0.2, 0) is 20.0 Å². The van der Waals surface area contributed by atoms with Gasteiger partial charge < -0.3 is 4.90 Å². The van der Waals surface area contributed by atoms with Gasteiger partial charge in [-0.2, -0.15) is 5.10 Å². The van der Waals surface area contributed by atoms with Crippen LogP contribution < -0.4 is 0 Å². The number of likely N-dealkylation sites (tertiary alicyclic amines) is 1. The number of piperidine rings is 1. The molecule has 34 heavy (non-hydrogen) atoms. The quantitative estimate of drug-likeness (QED) is 0.370. The van der Waals surface area contributed by atoms with Crippen LogP contribution in [0.5, 0.6) is 0 Å². The molecule has 0 aliphatic carbocycles. The van der Waals surface area contributed by atoms with Crippen molar-refractivity contribution in [1.29, 1.82) is 0 Å². The second kappa shape index (κ2) is 10.1. The van der Waals surface area contributed by atoms with Crippen LogP contribution in [0.15, 0.2) is 72.9 Å². The molecule has 1 fully saturated rings. The van der Waals surface area contributed by atoms with E-state index >= 15 is 0 Å². The minimum atomic E-state index is 0.00855. The first-order valence-electron chi connectivity index (χ1n) is 12.1. The van der Waals surface area contributed by atoms with E-state index in [-0.39, 0.29) is 11.9 Å². The van der Waals surface area contributed by atoms with Crippen LogP contribution >= 0.6 is 11.3 Å². The van der Waals surface area contributed by atoms with Gasteiger partial charge in [0.2, 0.25) is 0 Å². The molecular formula is C28H32N4OS. The summed E-state index contributed by atoms with van der Waals surface area (Å²) in [6.45, 7) is 3.14. The van der Waals surface area contributed by atoms with Crippen LogP contribution in [0.4, 0.5) is 0 Å². The summed E-state index contributed by atoms with van der Waals surface area (Å²) in [4.78, 5) is 19.2. The monoisotopic (exact) mass is 472 g/mol. The van der Waals surface area contributed by atoms with Gasteiger partial charge in [0.15, 0.2) is 0 Å². The first-order valence-corrected chi connectivity index (χ1v) is 12.9. The maximum Gasteiger partial charge on any atom is 0.274 e. The van der Waals surface area contributed by atoms with Gasteiger partial charge in [0, 0.05) is 42.5 Å². The fraction of sp³-hybridized carbons (Fsp3) is 0.357. The predicted molar refractivity (Wildman–Crippen MR) is 139 cm³/mol. The van der Waals surface area contributed by atoms with E-state index in [0.29, 0.717) is 11.6 Å². The lowest BCUT2D eigenvalue weighted by Crippen LogP contribution is -2.47. The number of rotatable bonds is 7. The minimum Gasteiger partial charge on any atom is -0.337 e. The van der Waals surface area contributed by atoms with Crippen molar-refractivity contribution in [1.82, 2.24) is 19.6 Å². The number of aryl methyl sites for hydroxylation is 1. The molecular weight excluding hydrogens is 440 g/mol. The number of fused-ring (bicyclic) bond motifs is 1. The Hall–Kier alpha value is -2.96. The number of carbonyl (C=O) groups is 1. The highest BCUT2D eigenvalue weighted by atomic mass is 32.1. The molecule has 2 aromatic heterocycles.